The van der Waals surface area contributed by atoms with Crippen molar-refractivity contribution in [2.24, 2.45) is 0 Å². The number of carbonyl (C=O) groups excluding carboxylic acids is 2. The number of ether oxygens (including phenoxy) is 3. The summed E-state index contributed by atoms with van der Waals surface area (Å²) in [6, 6.07) is 25.5. The molecule has 0 heterocycles. The lowest BCUT2D eigenvalue weighted by atomic mass is 9.98. The first-order chi connectivity index (χ1) is 14.7. The van der Waals surface area contributed by atoms with Gasteiger partial charge in [-0.2, -0.15) is 0 Å². The fraction of sp³-hybridized carbons (Fsp3) is 0.167. The molecule has 6 heteroatoms. The summed E-state index contributed by atoms with van der Waals surface area (Å²) in [5.41, 5.74) is 1.80. The molecule has 0 saturated heterocycles. The zero-order chi connectivity index (χ0) is 21.2. The summed E-state index contributed by atoms with van der Waals surface area (Å²) < 4.78 is 15.6. The first-order valence-electron chi connectivity index (χ1n) is 9.47. The molecule has 0 spiro atoms. The molecule has 6 nitrogen and oxygen atoms in total. The van der Waals surface area contributed by atoms with Crippen LogP contribution in [0.15, 0.2) is 84.9 Å². The Morgan fingerprint density at radius 3 is 2.00 bits per heavy atom. The Hall–Kier alpha value is -3.80. The smallest absolute Gasteiger partial charge is 0.344 e. The number of para-hydroxylation sites is 1. The van der Waals surface area contributed by atoms with E-state index in [-0.39, 0.29) is 12.6 Å². The summed E-state index contributed by atoms with van der Waals surface area (Å²) in [5, 5.41) is 2.92. The van der Waals surface area contributed by atoms with Crippen LogP contribution in [-0.4, -0.2) is 32.2 Å². The Morgan fingerprint density at radius 2 is 1.37 bits per heavy atom. The maximum Gasteiger partial charge on any atom is 0.344 e. The minimum absolute atomic E-state index is 0.266. The second-order valence-corrected chi connectivity index (χ2v) is 6.45. The Balaban J connectivity index is 1.58. The van der Waals surface area contributed by atoms with Crippen molar-refractivity contribution in [3.05, 3.63) is 96.1 Å². The van der Waals surface area contributed by atoms with Crippen molar-refractivity contribution in [2.45, 2.75) is 6.04 Å². The zero-order valence-electron chi connectivity index (χ0n) is 16.6. The fourth-order valence-electron chi connectivity index (χ4n) is 2.85. The van der Waals surface area contributed by atoms with Gasteiger partial charge in [0.05, 0.1) is 13.2 Å². The molecule has 154 valence electrons. The third kappa shape index (κ3) is 6.10. The predicted octanol–water partition coefficient (Wildman–Crippen LogP) is 3.52. The molecule has 0 unspecified atom stereocenters. The van der Waals surface area contributed by atoms with Crippen molar-refractivity contribution in [3.8, 4) is 11.5 Å². The largest absolute Gasteiger partial charge is 0.497 e. The molecule has 0 fully saturated rings. The molecule has 30 heavy (non-hydrogen) atoms. The molecule has 1 amide bonds. The van der Waals surface area contributed by atoms with Crippen LogP contribution in [0.3, 0.4) is 0 Å². The number of rotatable bonds is 9. The molecule has 0 aliphatic rings. The van der Waals surface area contributed by atoms with Crippen molar-refractivity contribution in [1.82, 2.24) is 5.32 Å². The molecular formula is C24H23NO5. The van der Waals surface area contributed by atoms with Gasteiger partial charge >= 0.3 is 5.97 Å². The van der Waals surface area contributed by atoms with Gasteiger partial charge in [0, 0.05) is 0 Å². The van der Waals surface area contributed by atoms with E-state index in [0.29, 0.717) is 5.75 Å². The van der Waals surface area contributed by atoms with Crippen LogP contribution in [0.5, 0.6) is 11.5 Å². The molecule has 0 radical (unpaired) electrons. The molecule has 0 bridgehead atoms. The van der Waals surface area contributed by atoms with Crippen molar-refractivity contribution in [2.75, 3.05) is 20.3 Å². The number of benzene rings is 3. The van der Waals surface area contributed by atoms with Crippen LogP contribution in [0.1, 0.15) is 17.2 Å². The molecule has 1 atom stereocenters. The first-order valence-corrected chi connectivity index (χ1v) is 9.47. The van der Waals surface area contributed by atoms with Crippen molar-refractivity contribution >= 4 is 11.9 Å². The second kappa shape index (κ2) is 10.7. The lowest BCUT2D eigenvalue weighted by Gasteiger charge is -2.20. The summed E-state index contributed by atoms with van der Waals surface area (Å²) in [7, 11) is 1.60. The minimum atomic E-state index is -0.616. The Bertz CT molecular complexity index is 942. The summed E-state index contributed by atoms with van der Waals surface area (Å²) >= 11 is 0. The number of esters is 1. The van der Waals surface area contributed by atoms with Crippen LogP contribution < -0.4 is 14.8 Å². The molecule has 3 aromatic carbocycles. The normalized spacial score (nSPS) is 11.2. The van der Waals surface area contributed by atoms with Crippen LogP contribution in [0.25, 0.3) is 0 Å². The van der Waals surface area contributed by atoms with E-state index < -0.39 is 18.5 Å². The summed E-state index contributed by atoms with van der Waals surface area (Å²) in [6.07, 6.45) is 0. The maximum absolute atomic E-state index is 12.4. The van der Waals surface area contributed by atoms with E-state index in [4.69, 9.17) is 14.2 Å². The lowest BCUT2D eigenvalue weighted by Crippen LogP contribution is -2.33. The van der Waals surface area contributed by atoms with E-state index >= 15 is 0 Å². The molecular weight excluding hydrogens is 382 g/mol. The number of nitrogens with one attached hydrogen (secondary N) is 1. The van der Waals surface area contributed by atoms with Crippen LogP contribution in [0, 0.1) is 0 Å². The van der Waals surface area contributed by atoms with Gasteiger partial charge in [-0.05, 0) is 35.4 Å². The molecule has 0 aromatic heterocycles. The van der Waals surface area contributed by atoms with Gasteiger partial charge in [-0.25, -0.2) is 4.79 Å². The SMILES string of the molecule is COc1ccc([C@@H](NC(=O)COC(=O)COc2ccccc2)c2ccccc2)cc1. The van der Waals surface area contributed by atoms with E-state index in [0.717, 1.165) is 16.9 Å². The van der Waals surface area contributed by atoms with Crippen molar-refractivity contribution in [1.29, 1.82) is 0 Å². The fourth-order valence-corrected chi connectivity index (χ4v) is 2.85. The third-order valence-corrected chi connectivity index (χ3v) is 4.35. The first kappa shape index (κ1) is 20.9. The monoisotopic (exact) mass is 405 g/mol. The van der Waals surface area contributed by atoms with Crippen LogP contribution in [-0.2, 0) is 14.3 Å². The number of methoxy groups -OCH3 is 1. The second-order valence-electron chi connectivity index (χ2n) is 6.45. The molecule has 3 aromatic rings. The van der Waals surface area contributed by atoms with Gasteiger partial charge < -0.3 is 19.5 Å². The van der Waals surface area contributed by atoms with Crippen molar-refractivity contribution < 1.29 is 23.8 Å². The minimum Gasteiger partial charge on any atom is -0.497 e. The molecule has 3 rings (SSSR count). The average Bonchev–Trinajstić information content (AvgIpc) is 2.81. The highest BCUT2D eigenvalue weighted by molar-refractivity contribution is 5.81. The van der Waals surface area contributed by atoms with Crippen LogP contribution in [0.2, 0.25) is 0 Å². The summed E-state index contributed by atoms with van der Waals surface area (Å²) in [5.74, 6) is 0.259. The van der Waals surface area contributed by atoms with E-state index in [1.807, 2.05) is 60.7 Å². The quantitative estimate of drug-likeness (QED) is 0.552. The number of hydrogen-bond donors (Lipinski definition) is 1. The summed E-state index contributed by atoms with van der Waals surface area (Å²) in [4.78, 5) is 24.3. The average molecular weight is 405 g/mol. The number of carbonyl (C=O) groups is 2. The highest BCUT2D eigenvalue weighted by Gasteiger charge is 2.18. The Kier molecular flexibility index (Phi) is 7.44. The zero-order valence-corrected chi connectivity index (χ0v) is 16.6. The molecule has 0 aliphatic carbocycles. The van der Waals surface area contributed by atoms with Gasteiger partial charge in [0.25, 0.3) is 5.91 Å². The van der Waals surface area contributed by atoms with Gasteiger partial charge in [0.15, 0.2) is 13.2 Å². The maximum atomic E-state index is 12.4. The van der Waals surface area contributed by atoms with Crippen molar-refractivity contribution in [3.63, 3.8) is 0 Å². The molecule has 0 saturated carbocycles. The van der Waals surface area contributed by atoms with Gasteiger partial charge in [0.1, 0.15) is 11.5 Å². The number of amides is 1. The Morgan fingerprint density at radius 1 is 0.767 bits per heavy atom. The van der Waals surface area contributed by atoms with Crippen LogP contribution in [0.4, 0.5) is 0 Å². The van der Waals surface area contributed by atoms with E-state index in [1.54, 1.807) is 31.4 Å². The summed E-state index contributed by atoms with van der Waals surface area (Å²) in [6.45, 7) is -0.658. The predicted molar refractivity (Wildman–Crippen MR) is 112 cm³/mol. The topological polar surface area (TPSA) is 73.9 Å². The van der Waals surface area contributed by atoms with Crippen LogP contribution >= 0.6 is 0 Å². The van der Waals surface area contributed by atoms with Gasteiger partial charge in [-0.1, -0.05) is 60.7 Å². The third-order valence-electron chi connectivity index (χ3n) is 4.35. The number of hydrogen-bond acceptors (Lipinski definition) is 5. The van der Waals surface area contributed by atoms with E-state index in [1.165, 1.54) is 0 Å². The van der Waals surface area contributed by atoms with Gasteiger partial charge in [0.2, 0.25) is 0 Å². The van der Waals surface area contributed by atoms with Gasteiger partial charge in [-0.15, -0.1) is 0 Å². The van der Waals surface area contributed by atoms with E-state index in [9.17, 15) is 9.59 Å². The lowest BCUT2D eigenvalue weighted by molar-refractivity contribution is -0.150. The standard InChI is InChI=1S/C24H23NO5/c1-28-20-14-12-19(13-15-20)24(18-8-4-2-5-9-18)25-22(26)16-30-23(27)17-29-21-10-6-3-7-11-21/h2-15,24H,16-17H2,1H3,(H,25,26)/t24-/m0/s1. The Labute approximate surface area is 175 Å². The highest BCUT2D eigenvalue weighted by Crippen LogP contribution is 2.24. The van der Waals surface area contributed by atoms with E-state index in [2.05, 4.69) is 5.32 Å². The molecule has 1 N–H and O–H groups in total. The molecule has 0 aliphatic heterocycles. The highest BCUT2D eigenvalue weighted by atomic mass is 16.6. The van der Waals surface area contributed by atoms with Gasteiger partial charge in [-0.3, -0.25) is 4.79 Å².